The molecule has 1 rings (SSSR count). The number of amides is 1. The van der Waals surface area contributed by atoms with Gasteiger partial charge in [0.2, 0.25) is 0 Å². The summed E-state index contributed by atoms with van der Waals surface area (Å²) in [6.07, 6.45) is -5.26. The van der Waals surface area contributed by atoms with Crippen LogP contribution in [0.25, 0.3) is 0 Å². The summed E-state index contributed by atoms with van der Waals surface area (Å²) in [5.74, 6) is -4.92. The number of cyclic esters (lactones) is 2. The van der Waals surface area contributed by atoms with Crippen LogP contribution in [0.3, 0.4) is 0 Å². The van der Waals surface area contributed by atoms with Crippen LogP contribution in [0.2, 0.25) is 0 Å². The van der Waals surface area contributed by atoms with E-state index in [1.165, 1.54) is 12.2 Å². The molecule has 0 spiro atoms. The number of ether oxygens (including phenoxy) is 1. The third kappa shape index (κ3) is 2.71. The summed E-state index contributed by atoms with van der Waals surface area (Å²) in [5.41, 5.74) is 0. The first-order valence-corrected chi connectivity index (χ1v) is 4.35. The molecule has 1 unspecified atom stereocenters. The number of hydrogen-bond acceptors (Lipinski definition) is 4. The number of hydrogen-bond donors (Lipinski definition) is 1. The average molecular weight is 239 g/mol. The normalized spacial score (nSPS) is 26.2. The van der Waals surface area contributed by atoms with Crippen molar-refractivity contribution in [3.8, 4) is 0 Å². The van der Waals surface area contributed by atoms with Crippen molar-refractivity contribution < 1.29 is 32.3 Å². The molecule has 8 heteroatoms. The van der Waals surface area contributed by atoms with Crippen molar-refractivity contribution in [2.45, 2.75) is 25.6 Å². The van der Waals surface area contributed by atoms with Crippen LogP contribution in [-0.2, 0) is 19.1 Å². The molecule has 16 heavy (non-hydrogen) atoms. The lowest BCUT2D eigenvalue weighted by molar-refractivity contribution is -0.179. The van der Waals surface area contributed by atoms with E-state index in [4.69, 9.17) is 0 Å². The van der Waals surface area contributed by atoms with Gasteiger partial charge in [-0.2, -0.15) is 13.2 Å². The van der Waals surface area contributed by atoms with Gasteiger partial charge in [-0.25, -0.2) is 4.79 Å². The summed E-state index contributed by atoms with van der Waals surface area (Å²) in [6.45, 7) is 1.39. The van der Waals surface area contributed by atoms with Crippen molar-refractivity contribution in [3.63, 3.8) is 0 Å². The van der Waals surface area contributed by atoms with Gasteiger partial charge in [-0.3, -0.25) is 9.59 Å². The average Bonchev–Trinajstić information content (AvgIpc) is 2.12. The molecule has 1 aliphatic rings. The summed E-state index contributed by atoms with van der Waals surface area (Å²) in [7, 11) is 0. The maximum absolute atomic E-state index is 11.9. The smallest absolute Gasteiger partial charge is 0.391 e. The van der Waals surface area contributed by atoms with Gasteiger partial charge in [-0.15, -0.1) is 0 Å². The van der Waals surface area contributed by atoms with Crippen molar-refractivity contribution in [3.05, 3.63) is 0 Å². The van der Waals surface area contributed by atoms with E-state index >= 15 is 0 Å². The Bertz CT molecular complexity index is 339. The van der Waals surface area contributed by atoms with E-state index in [9.17, 15) is 27.6 Å². The molecule has 0 bridgehead atoms. The zero-order valence-corrected chi connectivity index (χ0v) is 8.13. The van der Waals surface area contributed by atoms with Gasteiger partial charge in [-0.1, -0.05) is 6.92 Å². The van der Waals surface area contributed by atoms with Crippen LogP contribution in [0.1, 0.15) is 13.3 Å². The number of nitrogens with one attached hydrogen (secondary N) is 1. The molecule has 5 nitrogen and oxygen atoms in total. The molecule has 2 atom stereocenters. The van der Waals surface area contributed by atoms with Gasteiger partial charge in [0.25, 0.3) is 0 Å². The highest BCUT2D eigenvalue weighted by Gasteiger charge is 2.43. The summed E-state index contributed by atoms with van der Waals surface area (Å²) in [5, 5.41) is 1.47. The summed E-state index contributed by atoms with van der Waals surface area (Å²) < 4.78 is 39.8. The minimum absolute atomic E-state index is 0.195. The van der Waals surface area contributed by atoms with Crippen LogP contribution in [0, 0.1) is 5.92 Å². The largest absolute Gasteiger partial charge is 0.471 e. The summed E-state index contributed by atoms with van der Waals surface area (Å²) >= 11 is 0. The SMILES string of the molecule is CC1C[C@H](NC(=O)C(F)(F)F)C(=O)OC1=O. The maximum Gasteiger partial charge on any atom is 0.471 e. The highest BCUT2D eigenvalue weighted by atomic mass is 19.4. The second kappa shape index (κ2) is 4.11. The molecule has 1 saturated heterocycles. The van der Waals surface area contributed by atoms with Gasteiger partial charge < -0.3 is 10.1 Å². The first-order chi connectivity index (χ1) is 7.21. The molecule has 0 radical (unpaired) electrons. The predicted molar refractivity (Wildman–Crippen MR) is 42.9 cm³/mol. The quantitative estimate of drug-likeness (QED) is 0.522. The zero-order chi connectivity index (χ0) is 12.5. The Morgan fingerprint density at radius 3 is 2.44 bits per heavy atom. The Morgan fingerprint density at radius 1 is 1.38 bits per heavy atom. The molecule has 1 aliphatic heterocycles. The Kier molecular flexibility index (Phi) is 3.20. The molecule has 1 fully saturated rings. The summed E-state index contributed by atoms with van der Waals surface area (Å²) in [4.78, 5) is 32.4. The van der Waals surface area contributed by atoms with Crippen molar-refractivity contribution in [1.29, 1.82) is 0 Å². The molecule has 1 heterocycles. The fraction of sp³-hybridized carbons (Fsp3) is 0.625. The lowest BCUT2D eigenvalue weighted by Crippen LogP contribution is -2.51. The Labute approximate surface area is 87.9 Å². The Hall–Kier alpha value is -1.60. The fourth-order valence-electron chi connectivity index (χ4n) is 1.17. The lowest BCUT2D eigenvalue weighted by Gasteiger charge is -2.24. The highest BCUT2D eigenvalue weighted by Crippen LogP contribution is 2.19. The molecule has 0 aromatic heterocycles. The third-order valence-electron chi connectivity index (χ3n) is 2.04. The van der Waals surface area contributed by atoms with Crippen molar-refractivity contribution in [2.24, 2.45) is 5.92 Å². The molecule has 0 saturated carbocycles. The molecule has 0 aliphatic carbocycles. The third-order valence-corrected chi connectivity index (χ3v) is 2.04. The van der Waals surface area contributed by atoms with Gasteiger partial charge in [0.05, 0.1) is 5.92 Å². The number of alkyl halides is 3. The lowest BCUT2D eigenvalue weighted by atomic mass is 9.99. The summed E-state index contributed by atoms with van der Waals surface area (Å²) in [6, 6.07) is -1.43. The van der Waals surface area contributed by atoms with Gasteiger partial charge in [0, 0.05) is 0 Å². The predicted octanol–water partition coefficient (Wildman–Crippen LogP) is 0.143. The topological polar surface area (TPSA) is 72.5 Å². The first kappa shape index (κ1) is 12.5. The van der Waals surface area contributed by atoms with Gasteiger partial charge in [-0.05, 0) is 6.42 Å². The second-order valence-electron chi connectivity index (χ2n) is 3.40. The van der Waals surface area contributed by atoms with Crippen LogP contribution in [0.5, 0.6) is 0 Å². The molecule has 0 aromatic rings. The van der Waals surface area contributed by atoms with Crippen molar-refractivity contribution in [2.75, 3.05) is 0 Å². The van der Waals surface area contributed by atoms with E-state index in [-0.39, 0.29) is 6.42 Å². The van der Waals surface area contributed by atoms with Gasteiger partial charge in [0.1, 0.15) is 6.04 Å². The number of carbonyl (C=O) groups is 3. The minimum atomic E-state index is -5.06. The van der Waals surface area contributed by atoms with E-state index in [2.05, 4.69) is 4.74 Å². The number of halogens is 3. The van der Waals surface area contributed by atoms with E-state index in [0.717, 1.165) is 0 Å². The molecule has 1 amide bonds. The van der Waals surface area contributed by atoms with Crippen molar-refractivity contribution in [1.82, 2.24) is 5.32 Å². The van der Waals surface area contributed by atoms with Gasteiger partial charge in [0.15, 0.2) is 0 Å². The number of esters is 2. The van der Waals surface area contributed by atoms with Crippen molar-refractivity contribution >= 4 is 17.8 Å². The van der Waals surface area contributed by atoms with Crippen LogP contribution in [0.4, 0.5) is 13.2 Å². The first-order valence-electron chi connectivity index (χ1n) is 4.35. The molecule has 1 N–H and O–H groups in total. The van der Waals surface area contributed by atoms with E-state index in [0.29, 0.717) is 0 Å². The zero-order valence-electron chi connectivity index (χ0n) is 8.13. The number of rotatable bonds is 1. The van der Waals surface area contributed by atoms with E-state index in [1.54, 1.807) is 0 Å². The molecule has 90 valence electrons. The second-order valence-corrected chi connectivity index (χ2v) is 3.40. The number of carbonyl (C=O) groups excluding carboxylic acids is 3. The monoisotopic (exact) mass is 239 g/mol. The van der Waals surface area contributed by atoms with Crippen LogP contribution < -0.4 is 5.32 Å². The Balaban J connectivity index is 2.65. The molecular weight excluding hydrogens is 231 g/mol. The minimum Gasteiger partial charge on any atom is -0.391 e. The Morgan fingerprint density at radius 2 is 1.94 bits per heavy atom. The molecule has 0 aromatic carbocycles. The van der Waals surface area contributed by atoms with Gasteiger partial charge >= 0.3 is 24.0 Å². The highest BCUT2D eigenvalue weighted by molar-refractivity contribution is 5.95. The van der Waals surface area contributed by atoms with E-state index in [1.807, 2.05) is 0 Å². The van der Waals surface area contributed by atoms with Crippen LogP contribution in [-0.4, -0.2) is 30.1 Å². The standard InChI is InChI=1S/C8H8F3NO4/c1-3-2-4(6(14)16-5(3)13)12-7(15)8(9,10)11/h3-4H,2H2,1H3,(H,12,15)/t3?,4-/m0/s1. The molecular formula is C8H8F3NO4. The van der Waals surface area contributed by atoms with E-state index < -0.39 is 36.0 Å². The maximum atomic E-state index is 11.9. The van der Waals surface area contributed by atoms with Crippen LogP contribution >= 0.6 is 0 Å². The van der Waals surface area contributed by atoms with Crippen LogP contribution in [0.15, 0.2) is 0 Å². The fourth-order valence-corrected chi connectivity index (χ4v) is 1.17.